The minimum Gasteiger partial charge on any atom is -0.396 e. The van der Waals surface area contributed by atoms with E-state index < -0.39 is 11.6 Å². The SMILES string of the molecule is O=C(Cc1[nH]c(=S)n2c1CC(c1c(F)ccc(Br)c1F)C2)NC1CCCC1CO. The van der Waals surface area contributed by atoms with Crippen LogP contribution in [-0.4, -0.2) is 33.2 Å². The zero-order valence-corrected chi connectivity index (χ0v) is 18.1. The van der Waals surface area contributed by atoms with Crippen LogP contribution in [0.4, 0.5) is 8.78 Å². The van der Waals surface area contributed by atoms with Crippen LogP contribution in [0.2, 0.25) is 0 Å². The van der Waals surface area contributed by atoms with Crippen molar-refractivity contribution >= 4 is 34.1 Å². The molecule has 2 heterocycles. The minimum absolute atomic E-state index is 0.0104. The third-order valence-electron chi connectivity index (χ3n) is 6.08. The highest BCUT2D eigenvalue weighted by atomic mass is 79.9. The molecule has 5 nitrogen and oxygen atoms in total. The van der Waals surface area contributed by atoms with E-state index >= 15 is 0 Å². The number of imidazole rings is 1. The Morgan fingerprint density at radius 3 is 2.93 bits per heavy atom. The Kier molecular flexibility index (Phi) is 5.90. The lowest BCUT2D eigenvalue weighted by Gasteiger charge is -2.19. The van der Waals surface area contributed by atoms with Crippen LogP contribution in [0, 0.1) is 22.3 Å². The van der Waals surface area contributed by atoms with Gasteiger partial charge in [0, 0.05) is 48.0 Å². The first-order chi connectivity index (χ1) is 13.9. The average Bonchev–Trinajstić information content (AvgIpc) is 3.37. The van der Waals surface area contributed by atoms with E-state index in [0.29, 0.717) is 23.4 Å². The summed E-state index contributed by atoms with van der Waals surface area (Å²) in [6.07, 6.45) is 3.30. The molecular formula is C20H22BrF2N3O2S. The van der Waals surface area contributed by atoms with Crippen LogP contribution in [0.15, 0.2) is 16.6 Å². The smallest absolute Gasteiger partial charge is 0.226 e. The number of amides is 1. The number of hydrogen-bond acceptors (Lipinski definition) is 3. The summed E-state index contributed by atoms with van der Waals surface area (Å²) in [6, 6.07) is 2.60. The van der Waals surface area contributed by atoms with Gasteiger partial charge < -0.3 is 20.0 Å². The summed E-state index contributed by atoms with van der Waals surface area (Å²) >= 11 is 8.49. The van der Waals surface area contributed by atoms with E-state index in [1.807, 2.05) is 4.57 Å². The van der Waals surface area contributed by atoms with Crippen LogP contribution in [-0.2, 0) is 24.2 Å². The number of nitrogens with zero attached hydrogens (tertiary/aromatic N) is 1. The van der Waals surface area contributed by atoms with E-state index in [2.05, 4.69) is 26.2 Å². The summed E-state index contributed by atoms with van der Waals surface area (Å²) in [7, 11) is 0. The van der Waals surface area contributed by atoms with Crippen molar-refractivity contribution in [1.29, 1.82) is 0 Å². The molecule has 3 N–H and O–H groups in total. The van der Waals surface area contributed by atoms with Gasteiger partial charge >= 0.3 is 0 Å². The number of aliphatic hydroxyl groups is 1. The number of hydrogen-bond donors (Lipinski definition) is 3. The van der Waals surface area contributed by atoms with Crippen LogP contribution >= 0.6 is 28.1 Å². The van der Waals surface area contributed by atoms with Gasteiger partial charge in [0.15, 0.2) is 4.77 Å². The van der Waals surface area contributed by atoms with Crippen LogP contribution in [0.5, 0.6) is 0 Å². The van der Waals surface area contributed by atoms with Gasteiger partial charge in [-0.05, 0) is 59.5 Å². The lowest BCUT2D eigenvalue weighted by molar-refractivity contribution is -0.121. The van der Waals surface area contributed by atoms with Gasteiger partial charge in [-0.2, -0.15) is 0 Å². The first-order valence-corrected chi connectivity index (χ1v) is 10.9. The Hall–Kier alpha value is -1.58. The predicted molar refractivity (Wildman–Crippen MR) is 110 cm³/mol. The molecule has 2 aromatic rings. The van der Waals surface area contributed by atoms with Gasteiger partial charge in [0.05, 0.1) is 10.9 Å². The summed E-state index contributed by atoms with van der Waals surface area (Å²) in [6.45, 7) is 0.437. The number of H-pyrrole nitrogens is 1. The molecule has 1 aromatic heterocycles. The highest BCUT2D eigenvalue weighted by Gasteiger charge is 2.33. The standard InChI is InChI=1S/C20H22BrF2N3O2S/c21-12-4-5-13(22)18(19(12)23)11-6-16-15(25-20(29)26(16)8-11)7-17(28)24-14-3-1-2-10(14)9-27/h4-5,10-11,14,27H,1-3,6-9H2,(H,24,28)(H,25,29). The van der Waals surface area contributed by atoms with Crippen molar-refractivity contribution in [1.82, 2.24) is 14.9 Å². The average molecular weight is 486 g/mol. The molecule has 1 saturated carbocycles. The Labute approximate surface area is 180 Å². The summed E-state index contributed by atoms with van der Waals surface area (Å²) in [5.74, 6) is -1.59. The van der Waals surface area contributed by atoms with Crippen LogP contribution in [0.1, 0.15) is 42.1 Å². The molecule has 9 heteroatoms. The summed E-state index contributed by atoms with van der Waals surface area (Å²) in [5, 5.41) is 12.4. The molecule has 1 amide bonds. The highest BCUT2D eigenvalue weighted by Crippen LogP contribution is 2.36. The van der Waals surface area contributed by atoms with Gasteiger partial charge in [-0.3, -0.25) is 4.79 Å². The molecule has 1 aromatic carbocycles. The monoisotopic (exact) mass is 485 g/mol. The molecule has 0 radical (unpaired) electrons. The maximum absolute atomic E-state index is 14.5. The van der Waals surface area contributed by atoms with Crippen molar-refractivity contribution < 1.29 is 18.7 Å². The van der Waals surface area contributed by atoms with E-state index in [0.717, 1.165) is 25.0 Å². The van der Waals surface area contributed by atoms with Crippen LogP contribution < -0.4 is 5.32 Å². The quantitative estimate of drug-likeness (QED) is 0.446. The summed E-state index contributed by atoms with van der Waals surface area (Å²) in [5.41, 5.74) is 1.55. The number of aromatic nitrogens is 2. The van der Waals surface area contributed by atoms with Crippen molar-refractivity contribution in [2.75, 3.05) is 6.61 Å². The Bertz CT molecular complexity index is 1010. The molecule has 2 aliphatic rings. The van der Waals surface area contributed by atoms with Gasteiger partial charge in [0.2, 0.25) is 5.91 Å². The molecular weight excluding hydrogens is 464 g/mol. The van der Waals surface area contributed by atoms with Crippen LogP contribution in [0.25, 0.3) is 0 Å². The van der Waals surface area contributed by atoms with Crippen molar-refractivity contribution in [3.8, 4) is 0 Å². The molecule has 3 unspecified atom stereocenters. The second kappa shape index (κ2) is 8.28. The number of aromatic amines is 1. The third-order valence-corrected chi connectivity index (χ3v) is 7.02. The molecule has 1 fully saturated rings. The number of fused-ring (bicyclic) bond motifs is 1. The molecule has 4 rings (SSSR count). The van der Waals surface area contributed by atoms with Crippen LogP contribution in [0.3, 0.4) is 0 Å². The normalized spacial score (nSPS) is 23.4. The Balaban J connectivity index is 1.52. The number of carbonyl (C=O) groups excluding carboxylic acids is 1. The molecule has 3 atom stereocenters. The first-order valence-electron chi connectivity index (χ1n) is 9.73. The number of rotatable bonds is 5. The molecule has 29 heavy (non-hydrogen) atoms. The van der Waals surface area contributed by atoms with Gasteiger partial charge in [0.25, 0.3) is 0 Å². The second-order valence-electron chi connectivity index (χ2n) is 7.85. The maximum atomic E-state index is 14.5. The molecule has 1 aliphatic carbocycles. The molecule has 0 bridgehead atoms. The van der Waals surface area contributed by atoms with Crippen molar-refractivity contribution in [2.24, 2.45) is 5.92 Å². The lowest BCUT2D eigenvalue weighted by Crippen LogP contribution is -2.39. The van der Waals surface area contributed by atoms with E-state index in [-0.39, 0.29) is 46.8 Å². The lowest BCUT2D eigenvalue weighted by atomic mass is 9.95. The Morgan fingerprint density at radius 2 is 2.17 bits per heavy atom. The zero-order chi connectivity index (χ0) is 20.7. The number of nitrogens with one attached hydrogen (secondary N) is 2. The summed E-state index contributed by atoms with van der Waals surface area (Å²) in [4.78, 5) is 15.6. The van der Waals surface area contributed by atoms with Crippen molar-refractivity contribution in [3.05, 3.63) is 50.0 Å². The largest absolute Gasteiger partial charge is 0.396 e. The summed E-state index contributed by atoms with van der Waals surface area (Å²) < 4.78 is 31.4. The number of benzene rings is 1. The third kappa shape index (κ3) is 3.92. The second-order valence-corrected chi connectivity index (χ2v) is 9.09. The zero-order valence-electron chi connectivity index (χ0n) is 15.7. The van der Waals surface area contributed by atoms with Gasteiger partial charge in [-0.25, -0.2) is 8.78 Å². The topological polar surface area (TPSA) is 70.0 Å². The van der Waals surface area contributed by atoms with E-state index in [9.17, 15) is 18.7 Å². The Morgan fingerprint density at radius 1 is 1.38 bits per heavy atom. The fourth-order valence-corrected chi connectivity index (χ4v) is 5.27. The molecule has 0 saturated heterocycles. The van der Waals surface area contributed by atoms with E-state index in [1.54, 1.807) is 0 Å². The maximum Gasteiger partial charge on any atom is 0.226 e. The number of halogens is 3. The van der Waals surface area contributed by atoms with Gasteiger partial charge in [-0.1, -0.05) is 6.42 Å². The fraction of sp³-hybridized carbons (Fsp3) is 0.500. The van der Waals surface area contributed by atoms with Crippen molar-refractivity contribution in [3.63, 3.8) is 0 Å². The van der Waals surface area contributed by atoms with E-state index in [1.165, 1.54) is 12.1 Å². The minimum atomic E-state index is -0.591. The molecule has 156 valence electrons. The van der Waals surface area contributed by atoms with Crippen molar-refractivity contribution in [2.45, 2.75) is 50.6 Å². The van der Waals surface area contributed by atoms with E-state index in [4.69, 9.17) is 12.2 Å². The first kappa shape index (κ1) is 20.7. The number of aliphatic hydroxyl groups excluding tert-OH is 1. The highest BCUT2D eigenvalue weighted by molar-refractivity contribution is 9.10. The fourth-order valence-electron chi connectivity index (χ4n) is 4.62. The molecule has 1 aliphatic heterocycles. The molecule has 0 spiro atoms. The predicted octanol–water partition coefficient (Wildman–Crippen LogP) is 3.75. The number of carbonyl (C=O) groups is 1. The van der Waals surface area contributed by atoms with Gasteiger partial charge in [-0.15, -0.1) is 0 Å². The van der Waals surface area contributed by atoms with Gasteiger partial charge in [0.1, 0.15) is 11.6 Å².